The Bertz CT molecular complexity index is 859. The summed E-state index contributed by atoms with van der Waals surface area (Å²) in [6, 6.07) is 4.48. The minimum atomic E-state index is -0.991. The van der Waals surface area contributed by atoms with Crippen molar-refractivity contribution in [2.24, 2.45) is 0 Å². The van der Waals surface area contributed by atoms with Crippen LogP contribution in [0.5, 0.6) is 0 Å². The predicted octanol–water partition coefficient (Wildman–Crippen LogP) is 5.80. The van der Waals surface area contributed by atoms with Gasteiger partial charge < -0.3 is 10.1 Å². The first-order valence-electron chi connectivity index (χ1n) is 6.32. The Morgan fingerprint density at radius 1 is 0.960 bits per heavy atom. The number of ether oxygens (including phenoxy) is 1. The summed E-state index contributed by atoms with van der Waals surface area (Å²) in [7, 11) is 0. The molecule has 0 unspecified atom stereocenters. The van der Waals surface area contributed by atoms with Gasteiger partial charge in [-0.15, -0.1) is 0 Å². The van der Waals surface area contributed by atoms with Crippen LogP contribution in [0.15, 0.2) is 18.2 Å². The van der Waals surface area contributed by atoms with Gasteiger partial charge in [0, 0.05) is 5.69 Å². The first-order chi connectivity index (χ1) is 11.7. The number of hydrogen-bond donors (Lipinski definition) is 1. The number of nitrogens with zero attached hydrogens (tertiary/aromatic N) is 1. The summed E-state index contributed by atoms with van der Waals surface area (Å²) in [5, 5.41) is 2.39. The number of carbonyl (C=O) groups is 2. The maximum Gasteiger partial charge on any atom is 0.359 e. The standard InChI is InChI=1S/C14H6Cl6N2O3/c15-6-2-1-5(3-7(6)16)21-8(23)4-25-14(24)12-10(18)9(17)11(19)13(20)22-12/h1-3H,4H2,(H,21,23). The molecule has 5 nitrogen and oxygen atoms in total. The highest BCUT2D eigenvalue weighted by atomic mass is 35.5. The number of rotatable bonds is 4. The second-order valence-corrected chi connectivity index (χ2v) is 6.75. The van der Waals surface area contributed by atoms with Crippen LogP contribution in [0.3, 0.4) is 0 Å². The quantitative estimate of drug-likeness (QED) is 0.460. The molecule has 1 amide bonds. The smallest absolute Gasteiger partial charge is 0.359 e. The Balaban J connectivity index is 2.02. The maximum absolute atomic E-state index is 12.0. The van der Waals surface area contributed by atoms with E-state index >= 15 is 0 Å². The van der Waals surface area contributed by atoms with Crippen molar-refractivity contribution in [3.63, 3.8) is 0 Å². The zero-order valence-corrected chi connectivity index (χ0v) is 16.4. The highest BCUT2D eigenvalue weighted by Gasteiger charge is 2.22. The van der Waals surface area contributed by atoms with Gasteiger partial charge in [0.2, 0.25) is 0 Å². The minimum Gasteiger partial charge on any atom is -0.451 e. The van der Waals surface area contributed by atoms with Gasteiger partial charge in [0.1, 0.15) is 5.15 Å². The SMILES string of the molecule is O=C(COC(=O)c1nc(Cl)c(Cl)c(Cl)c1Cl)Nc1ccc(Cl)c(Cl)c1. The lowest BCUT2D eigenvalue weighted by Gasteiger charge is -2.09. The lowest BCUT2D eigenvalue weighted by molar-refractivity contribution is -0.119. The van der Waals surface area contributed by atoms with E-state index in [1.54, 1.807) is 0 Å². The number of carbonyl (C=O) groups excluding carboxylic acids is 2. The zero-order chi connectivity index (χ0) is 18.7. The van der Waals surface area contributed by atoms with Crippen molar-refractivity contribution in [3.05, 3.63) is 54.2 Å². The summed E-state index contributed by atoms with van der Waals surface area (Å²) in [4.78, 5) is 27.5. The predicted molar refractivity (Wildman–Crippen MR) is 99.7 cm³/mol. The fraction of sp³-hybridized carbons (Fsp3) is 0.0714. The van der Waals surface area contributed by atoms with E-state index in [9.17, 15) is 9.59 Å². The minimum absolute atomic E-state index is 0.0951. The van der Waals surface area contributed by atoms with Crippen LogP contribution in [0, 0.1) is 0 Å². The van der Waals surface area contributed by atoms with E-state index in [1.165, 1.54) is 18.2 Å². The molecule has 0 radical (unpaired) electrons. The monoisotopic (exact) mass is 460 g/mol. The lowest BCUT2D eigenvalue weighted by Crippen LogP contribution is -2.21. The second kappa shape index (κ2) is 8.62. The maximum atomic E-state index is 12.0. The van der Waals surface area contributed by atoms with Gasteiger partial charge in [-0.05, 0) is 18.2 Å². The summed E-state index contributed by atoms with van der Waals surface area (Å²) >= 11 is 34.8. The fourth-order valence-corrected chi connectivity index (χ4v) is 2.70. The van der Waals surface area contributed by atoms with Crippen molar-refractivity contribution in [2.75, 3.05) is 11.9 Å². The van der Waals surface area contributed by atoms with Gasteiger partial charge in [-0.1, -0.05) is 69.6 Å². The summed E-state index contributed by atoms with van der Waals surface area (Å²) in [5.74, 6) is -1.61. The Kier molecular flexibility index (Phi) is 7.02. The summed E-state index contributed by atoms with van der Waals surface area (Å²) in [5.41, 5.74) is 0.0209. The molecule has 1 heterocycles. The molecule has 2 aromatic rings. The molecule has 1 aromatic heterocycles. The van der Waals surface area contributed by atoms with Crippen LogP contribution in [0.1, 0.15) is 10.5 Å². The topological polar surface area (TPSA) is 68.3 Å². The largest absolute Gasteiger partial charge is 0.451 e. The molecule has 0 fully saturated rings. The second-order valence-electron chi connectivity index (χ2n) is 4.45. The van der Waals surface area contributed by atoms with Crippen LogP contribution in [0.25, 0.3) is 0 Å². The van der Waals surface area contributed by atoms with E-state index in [0.717, 1.165) is 0 Å². The average molecular weight is 463 g/mol. The van der Waals surface area contributed by atoms with Crippen LogP contribution in [-0.2, 0) is 9.53 Å². The van der Waals surface area contributed by atoms with Gasteiger partial charge in [0.15, 0.2) is 12.3 Å². The molecule has 0 saturated heterocycles. The van der Waals surface area contributed by atoms with Gasteiger partial charge in [0.25, 0.3) is 5.91 Å². The molecule has 0 atom stereocenters. The number of nitrogens with one attached hydrogen (secondary N) is 1. The van der Waals surface area contributed by atoms with Crippen LogP contribution in [0.2, 0.25) is 30.3 Å². The molecule has 0 saturated carbocycles. The summed E-state index contributed by atoms with van der Waals surface area (Å²) in [6.45, 7) is -0.602. The van der Waals surface area contributed by atoms with Crippen LogP contribution < -0.4 is 5.32 Å². The van der Waals surface area contributed by atoms with Gasteiger partial charge in [-0.2, -0.15) is 0 Å². The van der Waals surface area contributed by atoms with Gasteiger partial charge in [-0.3, -0.25) is 4.79 Å². The van der Waals surface area contributed by atoms with Crippen LogP contribution >= 0.6 is 69.6 Å². The van der Waals surface area contributed by atoms with Crippen LogP contribution in [0.4, 0.5) is 5.69 Å². The van der Waals surface area contributed by atoms with E-state index < -0.39 is 18.5 Å². The number of aromatic nitrogens is 1. The number of anilines is 1. The third-order valence-corrected chi connectivity index (χ3v) is 5.13. The number of esters is 1. The number of hydrogen-bond acceptors (Lipinski definition) is 4. The highest BCUT2D eigenvalue weighted by Crippen LogP contribution is 2.36. The Labute approximate surface area is 172 Å². The van der Waals surface area contributed by atoms with Crippen molar-refractivity contribution < 1.29 is 14.3 Å². The van der Waals surface area contributed by atoms with Crippen LogP contribution in [-0.4, -0.2) is 23.5 Å². The molecule has 1 N–H and O–H groups in total. The molecule has 11 heteroatoms. The third kappa shape index (κ3) is 5.03. The molecular weight excluding hydrogens is 457 g/mol. The number of benzene rings is 1. The van der Waals surface area contributed by atoms with E-state index in [-0.39, 0.29) is 30.9 Å². The van der Waals surface area contributed by atoms with Crippen molar-refractivity contribution in [1.82, 2.24) is 4.98 Å². The van der Waals surface area contributed by atoms with Gasteiger partial charge >= 0.3 is 5.97 Å². The first-order valence-corrected chi connectivity index (χ1v) is 8.59. The van der Waals surface area contributed by atoms with Crippen molar-refractivity contribution in [1.29, 1.82) is 0 Å². The summed E-state index contributed by atoms with van der Waals surface area (Å²) < 4.78 is 4.83. The zero-order valence-electron chi connectivity index (χ0n) is 11.9. The van der Waals surface area contributed by atoms with Gasteiger partial charge in [-0.25, -0.2) is 9.78 Å². The number of pyridine rings is 1. The molecular formula is C14H6Cl6N2O3. The molecule has 1 aromatic carbocycles. The molecule has 0 bridgehead atoms. The fourth-order valence-electron chi connectivity index (χ4n) is 1.59. The van der Waals surface area contributed by atoms with Gasteiger partial charge in [0.05, 0.1) is 25.1 Å². The molecule has 0 spiro atoms. The lowest BCUT2D eigenvalue weighted by atomic mass is 10.3. The molecule has 0 aliphatic heterocycles. The Morgan fingerprint density at radius 3 is 2.28 bits per heavy atom. The van der Waals surface area contributed by atoms with Crippen molar-refractivity contribution in [3.8, 4) is 0 Å². The first kappa shape index (κ1) is 20.4. The van der Waals surface area contributed by atoms with E-state index in [2.05, 4.69) is 10.3 Å². The summed E-state index contributed by atoms with van der Waals surface area (Å²) in [6.07, 6.45) is 0. The van der Waals surface area contributed by atoms with Crippen molar-refractivity contribution in [2.45, 2.75) is 0 Å². The van der Waals surface area contributed by atoms with Crippen molar-refractivity contribution >= 4 is 87.2 Å². The molecule has 25 heavy (non-hydrogen) atoms. The molecule has 2 rings (SSSR count). The number of halogens is 6. The van der Waals surface area contributed by atoms with E-state index in [1.807, 2.05) is 0 Å². The molecule has 0 aliphatic carbocycles. The number of amides is 1. The highest BCUT2D eigenvalue weighted by molar-refractivity contribution is 6.52. The normalized spacial score (nSPS) is 10.5. The molecule has 0 aliphatic rings. The Morgan fingerprint density at radius 2 is 1.64 bits per heavy atom. The Hall–Kier alpha value is -0.950. The molecule has 132 valence electrons. The third-order valence-electron chi connectivity index (χ3n) is 2.72. The van der Waals surface area contributed by atoms with E-state index in [0.29, 0.717) is 10.7 Å². The van der Waals surface area contributed by atoms with E-state index in [4.69, 9.17) is 74.3 Å². The average Bonchev–Trinajstić information content (AvgIpc) is 2.57.